The van der Waals surface area contributed by atoms with Gasteiger partial charge < -0.3 is 10.1 Å². The van der Waals surface area contributed by atoms with Crippen molar-refractivity contribution in [2.24, 2.45) is 5.84 Å². The second kappa shape index (κ2) is 7.91. The number of hydrogen-bond acceptors (Lipinski definition) is 8. The van der Waals surface area contributed by atoms with E-state index in [-0.39, 0.29) is 12.0 Å². The molecule has 1 heterocycles. The summed E-state index contributed by atoms with van der Waals surface area (Å²) in [5.41, 5.74) is 2.39. The number of nitrogens with one attached hydrogen (secondary N) is 2. The number of nitrogens with zero attached hydrogens (tertiary/aromatic N) is 3. The number of hydrazine groups is 1. The van der Waals surface area contributed by atoms with Crippen molar-refractivity contribution in [3.05, 3.63) is 0 Å². The summed E-state index contributed by atoms with van der Waals surface area (Å²) in [6.07, 6.45) is 2.93. The van der Waals surface area contributed by atoms with E-state index in [1.165, 1.54) is 0 Å². The Morgan fingerprint density at radius 1 is 1.29 bits per heavy atom. The summed E-state index contributed by atoms with van der Waals surface area (Å²) in [7, 11) is 0. The van der Waals surface area contributed by atoms with Crippen LogP contribution in [-0.4, -0.2) is 40.1 Å². The number of anilines is 2. The van der Waals surface area contributed by atoms with Crippen molar-refractivity contribution in [1.82, 2.24) is 15.0 Å². The number of hydrogen-bond donors (Lipinski definition) is 3. The molecular weight excluding hydrogens is 240 g/mol. The fourth-order valence-corrected chi connectivity index (χ4v) is 1.33. The molecule has 0 aliphatic rings. The largest absolute Gasteiger partial charge is 0.463 e. The maximum absolute atomic E-state index is 5.34. The summed E-state index contributed by atoms with van der Waals surface area (Å²) in [4.78, 5) is 12.2. The average Bonchev–Trinajstić information content (AvgIpc) is 2.36. The number of rotatable bonds is 8. The molecule has 0 aliphatic carbocycles. The van der Waals surface area contributed by atoms with E-state index < -0.39 is 0 Å². The second-order valence-electron chi connectivity index (χ2n) is 3.18. The molecule has 0 radical (unpaired) electrons. The first-order valence-electron chi connectivity index (χ1n) is 5.38. The van der Waals surface area contributed by atoms with Gasteiger partial charge in [-0.15, -0.1) is 0 Å². The standard InChI is InChI=1S/C9H18N6OS/c1-3-5-16-9-13-7(11-4-6-17-2)12-8(14-9)15-10/h3-6,10H2,1-2H3,(H2,11,12,13,14,15). The first-order valence-corrected chi connectivity index (χ1v) is 6.77. The fraction of sp³-hybridized carbons (Fsp3) is 0.667. The first-order chi connectivity index (χ1) is 8.30. The average molecular weight is 258 g/mol. The summed E-state index contributed by atoms with van der Waals surface area (Å²) in [6, 6.07) is 0.279. The monoisotopic (exact) mass is 258 g/mol. The molecule has 1 aromatic rings. The maximum Gasteiger partial charge on any atom is 0.323 e. The van der Waals surface area contributed by atoms with Crippen LogP contribution in [0.1, 0.15) is 13.3 Å². The molecule has 7 nitrogen and oxygen atoms in total. The van der Waals surface area contributed by atoms with Gasteiger partial charge in [-0.25, -0.2) is 5.84 Å². The van der Waals surface area contributed by atoms with E-state index >= 15 is 0 Å². The van der Waals surface area contributed by atoms with Crippen molar-refractivity contribution in [3.63, 3.8) is 0 Å². The van der Waals surface area contributed by atoms with Crippen LogP contribution in [0, 0.1) is 0 Å². The molecule has 0 spiro atoms. The van der Waals surface area contributed by atoms with Gasteiger partial charge in [0.2, 0.25) is 11.9 Å². The summed E-state index contributed by atoms with van der Waals surface area (Å²) in [5, 5.41) is 3.08. The number of nitrogen functional groups attached to an aromatic ring is 1. The normalized spacial score (nSPS) is 10.1. The zero-order valence-corrected chi connectivity index (χ0v) is 10.9. The van der Waals surface area contributed by atoms with Gasteiger partial charge in [0.25, 0.3) is 0 Å². The van der Waals surface area contributed by atoms with Crippen LogP contribution in [0.3, 0.4) is 0 Å². The molecule has 96 valence electrons. The van der Waals surface area contributed by atoms with E-state index in [1.807, 2.05) is 13.2 Å². The van der Waals surface area contributed by atoms with E-state index in [0.29, 0.717) is 12.6 Å². The SMILES string of the molecule is CCCOc1nc(NN)nc(NCCSC)n1. The lowest BCUT2D eigenvalue weighted by molar-refractivity contribution is 0.292. The van der Waals surface area contributed by atoms with Crippen molar-refractivity contribution < 1.29 is 4.74 Å². The molecule has 0 aliphatic heterocycles. The molecule has 0 aromatic carbocycles. The van der Waals surface area contributed by atoms with Gasteiger partial charge in [-0.3, -0.25) is 5.43 Å². The fourth-order valence-electron chi connectivity index (χ4n) is 1.02. The van der Waals surface area contributed by atoms with E-state index in [1.54, 1.807) is 11.8 Å². The predicted octanol–water partition coefficient (Wildman–Crippen LogP) is 0.721. The molecule has 1 aromatic heterocycles. The maximum atomic E-state index is 5.34. The molecule has 17 heavy (non-hydrogen) atoms. The highest BCUT2D eigenvalue weighted by Crippen LogP contribution is 2.10. The minimum Gasteiger partial charge on any atom is -0.463 e. The molecule has 1 rings (SSSR count). The molecule has 0 fully saturated rings. The van der Waals surface area contributed by atoms with Gasteiger partial charge in [-0.05, 0) is 12.7 Å². The van der Waals surface area contributed by atoms with Crippen molar-refractivity contribution in [2.45, 2.75) is 13.3 Å². The van der Waals surface area contributed by atoms with Crippen LogP contribution >= 0.6 is 11.8 Å². The van der Waals surface area contributed by atoms with Gasteiger partial charge in [-0.1, -0.05) is 6.92 Å². The summed E-state index contributed by atoms with van der Waals surface area (Å²) >= 11 is 1.74. The third-order valence-corrected chi connectivity index (χ3v) is 2.38. The topological polar surface area (TPSA) is 98.0 Å². The summed E-state index contributed by atoms with van der Waals surface area (Å²) in [5.74, 6) is 7.01. The van der Waals surface area contributed by atoms with Crippen LogP contribution in [0.25, 0.3) is 0 Å². The number of ether oxygens (including phenoxy) is 1. The summed E-state index contributed by atoms with van der Waals surface area (Å²) < 4.78 is 5.34. The Balaban J connectivity index is 2.67. The third kappa shape index (κ3) is 5.05. The Hall–Kier alpha value is -1.28. The zero-order chi connectivity index (χ0) is 12.5. The molecular formula is C9H18N6OS. The van der Waals surface area contributed by atoms with Gasteiger partial charge in [0.05, 0.1) is 6.61 Å². The van der Waals surface area contributed by atoms with E-state index in [9.17, 15) is 0 Å². The lowest BCUT2D eigenvalue weighted by Gasteiger charge is -2.08. The summed E-state index contributed by atoms with van der Waals surface area (Å²) in [6.45, 7) is 3.36. The molecule has 8 heteroatoms. The molecule has 0 amide bonds. The molecule has 0 bridgehead atoms. The highest BCUT2D eigenvalue weighted by Gasteiger charge is 2.05. The second-order valence-corrected chi connectivity index (χ2v) is 4.16. The van der Waals surface area contributed by atoms with Gasteiger partial charge in [-0.2, -0.15) is 26.7 Å². The zero-order valence-electron chi connectivity index (χ0n) is 10.1. The molecule has 0 atom stereocenters. The highest BCUT2D eigenvalue weighted by molar-refractivity contribution is 7.98. The quantitative estimate of drug-likeness (QED) is 0.356. The molecule has 0 unspecified atom stereocenters. The number of aromatic nitrogens is 3. The Labute approximate surface area is 105 Å². The van der Waals surface area contributed by atoms with Crippen LogP contribution in [0.2, 0.25) is 0 Å². The van der Waals surface area contributed by atoms with Crippen molar-refractivity contribution in [3.8, 4) is 6.01 Å². The van der Waals surface area contributed by atoms with Crippen LogP contribution in [0.4, 0.5) is 11.9 Å². The van der Waals surface area contributed by atoms with E-state index in [0.717, 1.165) is 18.7 Å². The van der Waals surface area contributed by atoms with Crippen molar-refractivity contribution in [1.29, 1.82) is 0 Å². The van der Waals surface area contributed by atoms with Gasteiger partial charge in [0.1, 0.15) is 0 Å². The lowest BCUT2D eigenvalue weighted by Crippen LogP contribution is -2.15. The van der Waals surface area contributed by atoms with Crippen LogP contribution in [0.15, 0.2) is 0 Å². The molecule has 0 saturated heterocycles. The van der Waals surface area contributed by atoms with Crippen LogP contribution in [0.5, 0.6) is 6.01 Å². The van der Waals surface area contributed by atoms with Crippen LogP contribution in [-0.2, 0) is 0 Å². The lowest BCUT2D eigenvalue weighted by atomic mass is 10.5. The first kappa shape index (κ1) is 13.8. The Bertz CT molecular complexity index is 337. The number of thioether (sulfide) groups is 1. The Kier molecular flexibility index (Phi) is 6.41. The minimum absolute atomic E-state index is 0.279. The van der Waals surface area contributed by atoms with E-state index in [2.05, 4.69) is 25.7 Å². The third-order valence-electron chi connectivity index (χ3n) is 1.77. The van der Waals surface area contributed by atoms with Crippen molar-refractivity contribution >= 4 is 23.7 Å². The Morgan fingerprint density at radius 2 is 2.06 bits per heavy atom. The Morgan fingerprint density at radius 3 is 2.71 bits per heavy atom. The molecule has 0 saturated carbocycles. The van der Waals surface area contributed by atoms with Crippen molar-refractivity contribution in [2.75, 3.05) is 35.9 Å². The number of nitrogens with two attached hydrogens (primary N) is 1. The smallest absolute Gasteiger partial charge is 0.323 e. The van der Waals surface area contributed by atoms with Gasteiger partial charge >= 0.3 is 6.01 Å². The van der Waals surface area contributed by atoms with Gasteiger partial charge in [0, 0.05) is 12.3 Å². The highest BCUT2D eigenvalue weighted by atomic mass is 32.2. The minimum atomic E-state index is 0.279. The van der Waals surface area contributed by atoms with E-state index in [4.69, 9.17) is 10.6 Å². The predicted molar refractivity (Wildman–Crippen MR) is 70.3 cm³/mol. The molecule has 4 N–H and O–H groups in total. The van der Waals surface area contributed by atoms with Crippen LogP contribution < -0.4 is 21.3 Å². The van der Waals surface area contributed by atoms with Gasteiger partial charge in [0.15, 0.2) is 0 Å².